The van der Waals surface area contributed by atoms with Crippen LogP contribution in [0, 0.1) is 0 Å². The average molecular weight is 399 g/mol. The standard InChI is InChI=1S/C28H34Si/c1-7-19-13-11-15-23-25(19)17(5)21(9-3)27(23)29-28-22(10-4)18(6)26-20(8-2)14-12-16-24(26)28/h11-16,27-28H,7-10H2,1-6H3. The third kappa shape index (κ3) is 3.10. The van der Waals surface area contributed by atoms with Crippen molar-refractivity contribution >= 4 is 20.7 Å². The molecule has 2 radical (unpaired) electrons. The summed E-state index contributed by atoms with van der Waals surface area (Å²) in [5, 5.41) is 0. The van der Waals surface area contributed by atoms with E-state index in [9.17, 15) is 0 Å². The Balaban J connectivity index is 1.82. The lowest BCUT2D eigenvalue weighted by Crippen LogP contribution is -2.18. The minimum absolute atomic E-state index is 0.595. The molecular weight excluding hydrogens is 364 g/mol. The van der Waals surface area contributed by atoms with E-state index >= 15 is 0 Å². The number of hydrogen-bond acceptors (Lipinski definition) is 0. The van der Waals surface area contributed by atoms with Gasteiger partial charge < -0.3 is 0 Å². The van der Waals surface area contributed by atoms with Crippen molar-refractivity contribution in [3.63, 3.8) is 0 Å². The molecule has 4 rings (SSSR count). The minimum atomic E-state index is 0.595. The molecule has 0 bridgehead atoms. The molecule has 2 aliphatic carbocycles. The van der Waals surface area contributed by atoms with Crippen LogP contribution in [-0.2, 0) is 12.8 Å². The van der Waals surface area contributed by atoms with Crippen molar-refractivity contribution < 1.29 is 0 Å². The van der Waals surface area contributed by atoms with Gasteiger partial charge in [-0.2, -0.15) is 0 Å². The Morgan fingerprint density at radius 3 is 1.38 bits per heavy atom. The van der Waals surface area contributed by atoms with E-state index in [0.717, 1.165) is 22.4 Å². The third-order valence-electron chi connectivity index (χ3n) is 7.26. The summed E-state index contributed by atoms with van der Waals surface area (Å²) in [6, 6.07) is 14.1. The molecule has 0 heterocycles. The van der Waals surface area contributed by atoms with Crippen molar-refractivity contribution in [1.29, 1.82) is 0 Å². The topological polar surface area (TPSA) is 0 Å². The van der Waals surface area contributed by atoms with E-state index in [2.05, 4.69) is 77.9 Å². The van der Waals surface area contributed by atoms with Crippen LogP contribution in [0.2, 0.25) is 0 Å². The van der Waals surface area contributed by atoms with Crippen LogP contribution in [0.25, 0.3) is 11.1 Å². The second kappa shape index (κ2) is 8.11. The van der Waals surface area contributed by atoms with Gasteiger partial charge in [-0.1, -0.05) is 75.2 Å². The van der Waals surface area contributed by atoms with Crippen LogP contribution in [0.3, 0.4) is 0 Å². The molecule has 2 unspecified atom stereocenters. The Bertz CT molecular complexity index is 923. The van der Waals surface area contributed by atoms with Gasteiger partial charge in [0.1, 0.15) is 0 Å². The van der Waals surface area contributed by atoms with Gasteiger partial charge in [0.05, 0.1) is 9.52 Å². The summed E-state index contributed by atoms with van der Waals surface area (Å²) < 4.78 is 0. The lowest BCUT2D eigenvalue weighted by Gasteiger charge is -2.23. The maximum atomic E-state index is 2.42. The lowest BCUT2D eigenvalue weighted by atomic mass is 9.98. The van der Waals surface area contributed by atoms with E-state index in [1.165, 1.54) is 24.0 Å². The van der Waals surface area contributed by atoms with Gasteiger partial charge in [-0.15, -0.1) is 0 Å². The number of aryl methyl sites for hydroxylation is 2. The number of rotatable bonds is 6. The van der Waals surface area contributed by atoms with Gasteiger partial charge in [0, 0.05) is 0 Å². The van der Waals surface area contributed by atoms with E-state index in [0.29, 0.717) is 11.1 Å². The molecule has 0 saturated carbocycles. The number of benzene rings is 2. The highest BCUT2D eigenvalue weighted by atomic mass is 28.2. The van der Waals surface area contributed by atoms with E-state index in [-0.39, 0.29) is 0 Å². The van der Waals surface area contributed by atoms with Crippen LogP contribution < -0.4 is 0 Å². The monoisotopic (exact) mass is 398 g/mol. The van der Waals surface area contributed by atoms with E-state index in [4.69, 9.17) is 0 Å². The SMILES string of the molecule is CCC1=C(C)c2c(CC)cccc2C1[Si]C1C(CC)=C(C)c2c(CC)cccc21. The van der Waals surface area contributed by atoms with Crippen molar-refractivity contribution in [3.8, 4) is 0 Å². The second-order valence-electron chi connectivity index (χ2n) is 8.51. The minimum Gasteiger partial charge on any atom is -0.0627 e. The van der Waals surface area contributed by atoms with Gasteiger partial charge in [0.15, 0.2) is 0 Å². The first kappa shape index (κ1) is 20.4. The number of hydrogen-bond donors (Lipinski definition) is 0. The molecule has 0 N–H and O–H groups in total. The van der Waals surface area contributed by atoms with Gasteiger partial charge in [0.2, 0.25) is 0 Å². The first-order chi connectivity index (χ1) is 14.1. The molecule has 0 aliphatic heterocycles. The molecule has 2 aliphatic rings. The third-order valence-corrected chi connectivity index (χ3v) is 9.24. The van der Waals surface area contributed by atoms with Crippen molar-refractivity contribution in [1.82, 2.24) is 0 Å². The zero-order chi connectivity index (χ0) is 20.7. The fourth-order valence-electron chi connectivity index (χ4n) is 5.84. The molecule has 29 heavy (non-hydrogen) atoms. The van der Waals surface area contributed by atoms with Crippen LogP contribution in [-0.4, -0.2) is 9.52 Å². The molecule has 150 valence electrons. The lowest BCUT2D eigenvalue weighted by molar-refractivity contribution is 0.938. The molecule has 2 aromatic rings. The summed E-state index contributed by atoms with van der Waals surface area (Å²) in [5.74, 6) is 0. The first-order valence-electron chi connectivity index (χ1n) is 11.5. The van der Waals surface area contributed by atoms with Crippen molar-refractivity contribution in [2.45, 2.75) is 78.3 Å². The summed E-state index contributed by atoms with van der Waals surface area (Å²) in [5.41, 5.74) is 17.1. The Morgan fingerprint density at radius 2 is 1.03 bits per heavy atom. The summed E-state index contributed by atoms with van der Waals surface area (Å²) in [7, 11) is 0.900. The van der Waals surface area contributed by atoms with Crippen molar-refractivity contribution in [2.24, 2.45) is 0 Å². The molecule has 1 heteroatoms. The highest BCUT2D eigenvalue weighted by Gasteiger charge is 2.37. The number of fused-ring (bicyclic) bond motifs is 2. The Hall–Kier alpha value is -1.86. The molecule has 0 amide bonds. The van der Waals surface area contributed by atoms with Gasteiger partial charge in [-0.3, -0.25) is 0 Å². The molecule has 2 atom stereocenters. The first-order valence-corrected chi connectivity index (χ1v) is 12.6. The largest absolute Gasteiger partial charge is 0.0678 e. The fraction of sp³-hybridized carbons (Fsp3) is 0.429. The van der Waals surface area contributed by atoms with Crippen molar-refractivity contribution in [3.05, 3.63) is 80.9 Å². The Labute approximate surface area is 180 Å². The van der Waals surface area contributed by atoms with Gasteiger partial charge in [-0.05, 0) is 95.1 Å². The van der Waals surface area contributed by atoms with Crippen molar-refractivity contribution in [2.75, 3.05) is 0 Å². The smallest absolute Gasteiger partial charge is 0.0627 e. The zero-order valence-corrected chi connectivity index (χ0v) is 19.9. The maximum absolute atomic E-state index is 2.42. The summed E-state index contributed by atoms with van der Waals surface area (Å²) in [6.07, 6.45) is 4.58. The molecule has 0 aromatic heterocycles. The number of allylic oxidation sites excluding steroid dienone is 4. The molecule has 0 saturated heterocycles. The van der Waals surface area contributed by atoms with E-state index < -0.39 is 0 Å². The van der Waals surface area contributed by atoms with Gasteiger partial charge >= 0.3 is 0 Å². The molecule has 0 fully saturated rings. The highest BCUT2D eigenvalue weighted by molar-refractivity contribution is 6.44. The second-order valence-corrected chi connectivity index (χ2v) is 10.00. The average Bonchev–Trinajstić information content (AvgIpc) is 3.19. The van der Waals surface area contributed by atoms with Crippen LogP contribution in [0.1, 0.15) is 98.8 Å². The van der Waals surface area contributed by atoms with Gasteiger partial charge in [-0.25, -0.2) is 0 Å². The van der Waals surface area contributed by atoms with E-state index in [1.54, 1.807) is 44.5 Å². The quantitative estimate of drug-likeness (QED) is 0.437. The van der Waals surface area contributed by atoms with Crippen LogP contribution in [0.15, 0.2) is 47.5 Å². The summed E-state index contributed by atoms with van der Waals surface area (Å²) >= 11 is 0. The maximum Gasteiger partial charge on any atom is 0.0678 e. The van der Waals surface area contributed by atoms with Crippen LogP contribution in [0.5, 0.6) is 0 Å². The van der Waals surface area contributed by atoms with Gasteiger partial charge in [0.25, 0.3) is 0 Å². The normalized spacial score (nSPS) is 20.5. The highest BCUT2D eigenvalue weighted by Crippen LogP contribution is 2.50. The van der Waals surface area contributed by atoms with E-state index in [1.807, 2.05) is 0 Å². The predicted molar refractivity (Wildman–Crippen MR) is 129 cm³/mol. The molecule has 0 nitrogen and oxygen atoms in total. The molecular formula is C28H34Si. The fourth-order valence-corrected chi connectivity index (χ4v) is 8.26. The predicted octanol–water partition coefficient (Wildman–Crippen LogP) is 7.69. The van der Waals surface area contributed by atoms with Crippen LogP contribution >= 0.6 is 0 Å². The zero-order valence-electron chi connectivity index (χ0n) is 18.9. The summed E-state index contributed by atoms with van der Waals surface area (Å²) in [6.45, 7) is 14.1. The molecule has 0 spiro atoms. The Morgan fingerprint density at radius 1 is 0.621 bits per heavy atom. The summed E-state index contributed by atoms with van der Waals surface area (Å²) in [4.78, 5) is 0. The molecule has 2 aromatic carbocycles. The van der Waals surface area contributed by atoms with Crippen LogP contribution in [0.4, 0.5) is 0 Å². The Kier molecular flexibility index (Phi) is 5.71.